The Hall–Kier alpha value is 0.130. The number of rotatable bonds is 2. The van der Waals surface area contributed by atoms with E-state index >= 15 is 0 Å². The Morgan fingerprint density at radius 3 is 2.57 bits per heavy atom. The van der Waals surface area contributed by atoms with Crippen LogP contribution in [0.25, 0.3) is 0 Å². The lowest BCUT2D eigenvalue weighted by Crippen LogP contribution is -2.08. The van der Waals surface area contributed by atoms with E-state index in [-0.39, 0.29) is 18.4 Å². The molecule has 0 spiro atoms. The van der Waals surface area contributed by atoms with Crippen LogP contribution in [-0.4, -0.2) is 0 Å². The van der Waals surface area contributed by atoms with Gasteiger partial charge in [0.1, 0.15) is 0 Å². The molecule has 0 aliphatic carbocycles. The Labute approximate surface area is 105 Å². The van der Waals surface area contributed by atoms with E-state index in [9.17, 15) is 0 Å². The number of hydrogen-bond donors (Lipinski definition) is 1. The van der Waals surface area contributed by atoms with Crippen molar-refractivity contribution in [1.82, 2.24) is 0 Å². The van der Waals surface area contributed by atoms with Gasteiger partial charge in [0.25, 0.3) is 0 Å². The fraction of sp³-hybridized carbons (Fsp3) is 0.111. The van der Waals surface area contributed by atoms with E-state index in [4.69, 9.17) is 5.73 Å². The second-order valence-corrected chi connectivity index (χ2v) is 5.95. The second kappa shape index (κ2) is 5.28. The molecule has 2 heterocycles. The highest BCUT2D eigenvalue weighted by Gasteiger charge is 2.10. The Balaban J connectivity index is 0.000000980. The molecule has 2 aromatic heterocycles. The summed E-state index contributed by atoms with van der Waals surface area (Å²) < 4.78 is 1.13. The van der Waals surface area contributed by atoms with Crippen molar-refractivity contribution in [2.45, 2.75) is 6.04 Å². The Morgan fingerprint density at radius 2 is 2.07 bits per heavy atom. The zero-order valence-corrected chi connectivity index (χ0v) is 11.2. The average molecular weight is 311 g/mol. The molecule has 0 saturated carbocycles. The van der Waals surface area contributed by atoms with Crippen molar-refractivity contribution in [3.05, 3.63) is 43.2 Å². The molecule has 76 valence electrons. The third kappa shape index (κ3) is 2.58. The molecule has 0 fully saturated rings. The molecule has 0 aliphatic heterocycles. The fourth-order valence-electron chi connectivity index (χ4n) is 1.11. The minimum atomic E-state index is 0. The van der Waals surface area contributed by atoms with E-state index in [1.165, 1.54) is 10.4 Å². The first-order valence-corrected chi connectivity index (χ1v) is 6.35. The SMILES string of the molecule is Cl.N[C@@H](c1ccsc1)c1ccc(Br)s1. The molecular formula is C9H9BrClNS2. The van der Waals surface area contributed by atoms with Crippen LogP contribution >= 0.6 is 51.0 Å². The molecule has 0 radical (unpaired) electrons. The van der Waals surface area contributed by atoms with Gasteiger partial charge >= 0.3 is 0 Å². The molecule has 1 nitrogen and oxygen atoms in total. The van der Waals surface area contributed by atoms with Gasteiger partial charge in [-0.3, -0.25) is 0 Å². The van der Waals surface area contributed by atoms with E-state index in [1.807, 2.05) is 6.07 Å². The van der Waals surface area contributed by atoms with E-state index in [0.29, 0.717) is 0 Å². The largest absolute Gasteiger partial charge is 0.320 e. The summed E-state index contributed by atoms with van der Waals surface area (Å²) in [6.45, 7) is 0. The van der Waals surface area contributed by atoms with Gasteiger partial charge in [0.05, 0.1) is 9.83 Å². The molecule has 0 aromatic carbocycles. The van der Waals surface area contributed by atoms with Crippen molar-refractivity contribution in [3.8, 4) is 0 Å². The summed E-state index contributed by atoms with van der Waals surface area (Å²) in [5.74, 6) is 0. The van der Waals surface area contributed by atoms with Gasteiger partial charge in [-0.05, 0) is 50.5 Å². The van der Waals surface area contributed by atoms with Crippen LogP contribution < -0.4 is 5.73 Å². The second-order valence-electron chi connectivity index (χ2n) is 2.68. The summed E-state index contributed by atoms with van der Waals surface area (Å²) in [6.07, 6.45) is 0. The van der Waals surface area contributed by atoms with E-state index in [2.05, 4.69) is 38.8 Å². The summed E-state index contributed by atoms with van der Waals surface area (Å²) in [7, 11) is 0. The summed E-state index contributed by atoms with van der Waals surface area (Å²) >= 11 is 6.80. The van der Waals surface area contributed by atoms with Crippen molar-refractivity contribution < 1.29 is 0 Å². The van der Waals surface area contributed by atoms with Crippen LogP contribution in [0.5, 0.6) is 0 Å². The third-order valence-electron chi connectivity index (χ3n) is 1.80. The van der Waals surface area contributed by atoms with Gasteiger partial charge in [0, 0.05) is 4.88 Å². The van der Waals surface area contributed by atoms with Gasteiger partial charge in [-0.2, -0.15) is 11.3 Å². The smallest absolute Gasteiger partial charge is 0.0702 e. The van der Waals surface area contributed by atoms with Crippen molar-refractivity contribution in [2.24, 2.45) is 5.73 Å². The minimum Gasteiger partial charge on any atom is -0.320 e. The van der Waals surface area contributed by atoms with Gasteiger partial charge in [-0.25, -0.2) is 0 Å². The van der Waals surface area contributed by atoms with Gasteiger partial charge < -0.3 is 5.73 Å². The molecule has 1 atom stereocenters. The van der Waals surface area contributed by atoms with E-state index < -0.39 is 0 Å². The Kier molecular flexibility index (Phi) is 4.60. The number of nitrogens with two attached hydrogens (primary N) is 1. The Bertz CT molecular complexity index is 385. The number of halogens is 2. The molecule has 0 bridgehead atoms. The zero-order chi connectivity index (χ0) is 9.26. The zero-order valence-electron chi connectivity index (χ0n) is 7.14. The van der Waals surface area contributed by atoms with Gasteiger partial charge in [0.15, 0.2) is 0 Å². The van der Waals surface area contributed by atoms with Crippen molar-refractivity contribution in [1.29, 1.82) is 0 Å². The Morgan fingerprint density at radius 1 is 1.29 bits per heavy atom. The molecule has 14 heavy (non-hydrogen) atoms. The lowest BCUT2D eigenvalue weighted by Gasteiger charge is -2.05. The molecule has 0 unspecified atom stereocenters. The molecule has 0 saturated heterocycles. The van der Waals surface area contributed by atoms with E-state index in [0.717, 1.165) is 3.79 Å². The monoisotopic (exact) mass is 309 g/mol. The lowest BCUT2D eigenvalue weighted by molar-refractivity contribution is 0.899. The highest BCUT2D eigenvalue weighted by molar-refractivity contribution is 9.11. The van der Waals surface area contributed by atoms with Gasteiger partial charge in [-0.1, -0.05) is 0 Å². The van der Waals surface area contributed by atoms with Crippen molar-refractivity contribution in [2.75, 3.05) is 0 Å². The molecule has 0 aliphatic rings. The van der Waals surface area contributed by atoms with Crippen molar-refractivity contribution >= 4 is 51.0 Å². The van der Waals surface area contributed by atoms with Crippen LogP contribution in [0.15, 0.2) is 32.7 Å². The molecule has 2 aromatic rings. The lowest BCUT2D eigenvalue weighted by atomic mass is 10.1. The summed E-state index contributed by atoms with van der Waals surface area (Å²) in [5, 5.41) is 4.15. The average Bonchev–Trinajstić information content (AvgIpc) is 2.72. The maximum atomic E-state index is 6.07. The minimum absolute atomic E-state index is 0. The first-order chi connectivity index (χ1) is 6.27. The molecule has 2 N–H and O–H groups in total. The third-order valence-corrected chi connectivity index (χ3v) is 4.21. The van der Waals surface area contributed by atoms with Gasteiger partial charge in [0.2, 0.25) is 0 Å². The molecule has 5 heteroatoms. The van der Waals surface area contributed by atoms with Crippen LogP contribution in [-0.2, 0) is 0 Å². The van der Waals surface area contributed by atoms with Crippen molar-refractivity contribution in [3.63, 3.8) is 0 Å². The summed E-state index contributed by atoms with van der Waals surface area (Å²) in [6, 6.07) is 6.20. The van der Waals surface area contributed by atoms with Gasteiger partial charge in [-0.15, -0.1) is 23.7 Å². The number of hydrogen-bond acceptors (Lipinski definition) is 3. The first-order valence-electron chi connectivity index (χ1n) is 3.80. The maximum absolute atomic E-state index is 6.07. The normalized spacial score (nSPS) is 12.1. The summed E-state index contributed by atoms with van der Waals surface area (Å²) in [5.41, 5.74) is 7.26. The standard InChI is InChI=1S/C9H8BrNS2.ClH/c10-8-2-1-7(13-8)9(11)6-3-4-12-5-6;/h1-5,9H,11H2;1H/t9-;/m0./s1. The van der Waals surface area contributed by atoms with Crippen LogP contribution in [0.1, 0.15) is 16.5 Å². The van der Waals surface area contributed by atoms with E-state index in [1.54, 1.807) is 22.7 Å². The summed E-state index contributed by atoms with van der Waals surface area (Å²) in [4.78, 5) is 1.20. The predicted molar refractivity (Wildman–Crippen MR) is 69.6 cm³/mol. The molecule has 2 rings (SSSR count). The topological polar surface area (TPSA) is 26.0 Å². The highest BCUT2D eigenvalue weighted by Crippen LogP contribution is 2.30. The highest BCUT2D eigenvalue weighted by atomic mass is 79.9. The van der Waals surface area contributed by atoms with Crippen LogP contribution in [0.3, 0.4) is 0 Å². The quantitative estimate of drug-likeness (QED) is 0.890. The molecular weight excluding hydrogens is 302 g/mol. The number of thiophene rings is 2. The molecule has 0 amide bonds. The predicted octanol–water partition coefficient (Wildman–Crippen LogP) is 4.04. The van der Waals surface area contributed by atoms with Crippen LogP contribution in [0, 0.1) is 0 Å². The van der Waals surface area contributed by atoms with Crippen LogP contribution in [0.2, 0.25) is 0 Å². The van der Waals surface area contributed by atoms with Crippen LogP contribution in [0.4, 0.5) is 0 Å². The fourth-order valence-corrected chi connectivity index (χ4v) is 3.26. The first kappa shape index (κ1) is 12.2. The maximum Gasteiger partial charge on any atom is 0.0702 e.